The van der Waals surface area contributed by atoms with Gasteiger partial charge in [-0.3, -0.25) is 4.68 Å². The predicted octanol–water partition coefficient (Wildman–Crippen LogP) is 5.05. The van der Waals surface area contributed by atoms with Crippen molar-refractivity contribution in [2.24, 2.45) is 7.05 Å². The second-order valence-corrected chi connectivity index (χ2v) is 8.49. The number of nitriles is 1. The quantitative estimate of drug-likeness (QED) is 0.546. The Hall–Kier alpha value is -3.25. The van der Waals surface area contributed by atoms with E-state index in [0.29, 0.717) is 5.69 Å². The van der Waals surface area contributed by atoms with Gasteiger partial charge in [0.15, 0.2) is 6.17 Å². The van der Waals surface area contributed by atoms with Gasteiger partial charge in [-0.15, -0.1) is 0 Å². The molecule has 2 aliphatic rings. The average Bonchev–Trinajstić information content (AvgIpc) is 3.33. The largest absolute Gasteiger partial charge is 0.385 e. The lowest BCUT2D eigenvalue weighted by atomic mass is 9.73. The van der Waals surface area contributed by atoms with Crippen molar-refractivity contribution in [2.75, 3.05) is 0 Å². The van der Waals surface area contributed by atoms with E-state index in [0.717, 1.165) is 18.2 Å². The number of benzene rings is 2. The van der Waals surface area contributed by atoms with Crippen LogP contribution in [-0.2, 0) is 13.5 Å². The van der Waals surface area contributed by atoms with Crippen LogP contribution in [0.1, 0.15) is 58.0 Å². The van der Waals surface area contributed by atoms with E-state index in [4.69, 9.17) is 0 Å². The van der Waals surface area contributed by atoms with E-state index in [-0.39, 0.29) is 45.4 Å². The van der Waals surface area contributed by atoms with Gasteiger partial charge in [0.05, 0.1) is 17.3 Å². The minimum atomic E-state index is -2.15. The Kier molecular flexibility index (Phi) is 5.01. The Morgan fingerprint density at radius 2 is 1.85 bits per heavy atom. The highest BCUT2D eigenvalue weighted by Gasteiger charge is 2.43. The summed E-state index contributed by atoms with van der Waals surface area (Å²) in [7, 11) is 1.57. The Morgan fingerprint density at radius 1 is 1.09 bits per heavy atom. The summed E-state index contributed by atoms with van der Waals surface area (Å²) in [6, 6.07) is 6.22. The van der Waals surface area contributed by atoms with Gasteiger partial charge in [0.2, 0.25) is 0 Å². The van der Waals surface area contributed by atoms with Crippen LogP contribution in [0.15, 0.2) is 30.5 Å². The molecule has 33 heavy (non-hydrogen) atoms. The van der Waals surface area contributed by atoms with Crippen molar-refractivity contribution < 1.29 is 27.1 Å². The van der Waals surface area contributed by atoms with Crippen molar-refractivity contribution in [3.8, 4) is 17.3 Å². The van der Waals surface area contributed by atoms with Crippen molar-refractivity contribution in [2.45, 2.75) is 43.4 Å². The number of rotatable bonds is 2. The molecule has 0 spiro atoms. The first kappa shape index (κ1) is 21.6. The second kappa shape index (κ2) is 7.66. The monoisotopic (exact) mass is 459 g/mol. The zero-order chi connectivity index (χ0) is 23.6. The summed E-state index contributed by atoms with van der Waals surface area (Å²) in [6.07, 6.45) is -6.79. The standard InChI is InChI=1S/C24H18F5N3O/c1-32-19(2-3-31-32)22-16(26)6-12(14-8-18(28)24(33)21(14)22)13-7-17(27)23(29)15-5-11(25)4-10(9-30)20(13)15/h2-6,13,17-18,23-24,33H,7-8H2,1H3/t13-,17+,18-,23-,24-/m1/s1. The Morgan fingerprint density at radius 3 is 2.52 bits per heavy atom. The number of alkyl halides is 3. The molecular weight excluding hydrogens is 441 g/mol. The molecule has 170 valence electrons. The molecule has 2 aromatic carbocycles. The number of hydrogen-bond acceptors (Lipinski definition) is 3. The number of halogens is 5. The third-order valence-electron chi connectivity index (χ3n) is 6.68. The molecule has 3 aromatic rings. The van der Waals surface area contributed by atoms with Gasteiger partial charge in [-0.1, -0.05) is 0 Å². The van der Waals surface area contributed by atoms with E-state index in [1.54, 1.807) is 7.05 Å². The smallest absolute Gasteiger partial charge is 0.157 e. The maximum Gasteiger partial charge on any atom is 0.157 e. The average molecular weight is 459 g/mol. The predicted molar refractivity (Wildman–Crippen MR) is 108 cm³/mol. The molecule has 0 amide bonds. The number of fused-ring (bicyclic) bond motifs is 2. The second-order valence-electron chi connectivity index (χ2n) is 8.49. The van der Waals surface area contributed by atoms with Gasteiger partial charge >= 0.3 is 0 Å². The van der Waals surface area contributed by atoms with Crippen LogP contribution < -0.4 is 0 Å². The highest BCUT2D eigenvalue weighted by Crippen LogP contribution is 2.51. The van der Waals surface area contributed by atoms with Crippen molar-refractivity contribution in [1.82, 2.24) is 9.78 Å². The van der Waals surface area contributed by atoms with Gasteiger partial charge in [-0.2, -0.15) is 10.4 Å². The van der Waals surface area contributed by atoms with Gasteiger partial charge in [0.1, 0.15) is 30.1 Å². The van der Waals surface area contributed by atoms with Crippen LogP contribution in [0.3, 0.4) is 0 Å². The lowest BCUT2D eigenvalue weighted by Gasteiger charge is -2.33. The van der Waals surface area contributed by atoms with Gasteiger partial charge < -0.3 is 5.11 Å². The fourth-order valence-electron chi connectivity index (χ4n) is 5.25. The van der Waals surface area contributed by atoms with Gasteiger partial charge in [0.25, 0.3) is 0 Å². The minimum Gasteiger partial charge on any atom is -0.385 e. The Labute approximate surface area is 185 Å². The summed E-state index contributed by atoms with van der Waals surface area (Å²) >= 11 is 0. The van der Waals surface area contributed by atoms with Gasteiger partial charge in [-0.25, -0.2) is 22.0 Å². The molecule has 0 saturated carbocycles. The molecule has 9 heteroatoms. The summed E-state index contributed by atoms with van der Waals surface area (Å²) in [4.78, 5) is 0. The summed E-state index contributed by atoms with van der Waals surface area (Å²) in [5.41, 5.74) is 0.331. The van der Waals surface area contributed by atoms with Crippen LogP contribution in [0.2, 0.25) is 0 Å². The molecule has 0 fully saturated rings. The van der Waals surface area contributed by atoms with Crippen LogP contribution in [0.25, 0.3) is 11.3 Å². The summed E-state index contributed by atoms with van der Waals surface area (Å²) in [6.45, 7) is 0. The number of aliphatic hydroxyl groups is 1. The van der Waals surface area contributed by atoms with Gasteiger partial charge in [0, 0.05) is 31.1 Å². The Bertz CT molecular complexity index is 1310. The van der Waals surface area contributed by atoms with E-state index in [2.05, 4.69) is 5.10 Å². The Balaban J connectivity index is 1.80. The molecule has 0 aliphatic heterocycles. The third kappa shape index (κ3) is 3.16. The van der Waals surface area contributed by atoms with Crippen LogP contribution in [0, 0.1) is 23.0 Å². The topological polar surface area (TPSA) is 61.8 Å². The lowest BCUT2D eigenvalue weighted by Crippen LogP contribution is -2.25. The van der Waals surface area contributed by atoms with Crippen molar-refractivity contribution in [3.05, 3.63) is 75.5 Å². The molecule has 4 nitrogen and oxygen atoms in total. The fraction of sp³-hybridized carbons (Fsp3) is 0.333. The molecule has 1 N–H and O–H groups in total. The van der Waals surface area contributed by atoms with Crippen LogP contribution in [0.5, 0.6) is 0 Å². The van der Waals surface area contributed by atoms with E-state index < -0.39 is 48.6 Å². The van der Waals surface area contributed by atoms with Crippen LogP contribution in [-0.4, -0.2) is 27.2 Å². The molecule has 0 saturated heterocycles. The number of hydrogen-bond donors (Lipinski definition) is 1. The molecule has 5 rings (SSSR count). The van der Waals surface area contributed by atoms with E-state index in [9.17, 15) is 27.9 Å². The lowest BCUT2D eigenvalue weighted by molar-refractivity contribution is 0.0927. The van der Waals surface area contributed by atoms with Gasteiger partial charge in [-0.05, 0) is 58.5 Å². The molecule has 0 unspecified atom stereocenters. The van der Waals surface area contributed by atoms with Crippen LogP contribution in [0.4, 0.5) is 22.0 Å². The van der Waals surface area contributed by atoms with E-state index in [1.165, 1.54) is 16.9 Å². The molecule has 0 bridgehead atoms. The molecule has 0 radical (unpaired) electrons. The number of nitrogens with zero attached hydrogens (tertiary/aromatic N) is 3. The molecule has 1 aromatic heterocycles. The van der Waals surface area contributed by atoms with Crippen molar-refractivity contribution in [3.63, 3.8) is 0 Å². The summed E-state index contributed by atoms with van der Waals surface area (Å²) in [5.74, 6) is -2.69. The zero-order valence-electron chi connectivity index (χ0n) is 17.4. The number of aromatic nitrogens is 2. The molecular formula is C24H18F5N3O. The number of aryl methyl sites for hydroxylation is 1. The fourth-order valence-corrected chi connectivity index (χ4v) is 5.25. The first-order valence-corrected chi connectivity index (χ1v) is 10.4. The van der Waals surface area contributed by atoms with Crippen molar-refractivity contribution in [1.29, 1.82) is 5.26 Å². The summed E-state index contributed by atoms with van der Waals surface area (Å²) < 4.78 is 75.0. The zero-order valence-corrected chi connectivity index (χ0v) is 17.4. The van der Waals surface area contributed by atoms with Crippen LogP contribution >= 0.6 is 0 Å². The SMILES string of the molecule is Cn1nccc1-c1c(F)cc([C@H]2C[C@H](F)[C@H](F)c3cc(F)cc(C#N)c32)c2c1[C@H](O)[C@H](F)C2. The summed E-state index contributed by atoms with van der Waals surface area (Å²) in [5, 5.41) is 24.1. The molecule has 2 aliphatic carbocycles. The first-order valence-electron chi connectivity index (χ1n) is 10.4. The maximum absolute atomic E-state index is 15.5. The highest BCUT2D eigenvalue weighted by atomic mass is 19.2. The minimum absolute atomic E-state index is 0.0165. The van der Waals surface area contributed by atoms with E-state index in [1.807, 2.05) is 6.07 Å². The third-order valence-corrected chi connectivity index (χ3v) is 6.68. The normalized spacial score (nSPS) is 26.1. The first-order chi connectivity index (χ1) is 15.7. The van der Waals surface area contributed by atoms with E-state index >= 15 is 4.39 Å². The molecule has 1 heterocycles. The number of aliphatic hydroxyl groups excluding tert-OH is 1. The molecule has 5 atom stereocenters. The highest BCUT2D eigenvalue weighted by molar-refractivity contribution is 5.71. The maximum atomic E-state index is 15.5. The van der Waals surface area contributed by atoms with Crippen molar-refractivity contribution >= 4 is 0 Å².